The second kappa shape index (κ2) is 9.05. The zero-order valence-corrected chi connectivity index (χ0v) is 17.3. The lowest BCUT2D eigenvalue weighted by molar-refractivity contribution is -0.137. The number of nitrogens with zero attached hydrogens (tertiary/aromatic N) is 2. The maximum absolute atomic E-state index is 12.7. The Labute approximate surface area is 178 Å². The summed E-state index contributed by atoms with van der Waals surface area (Å²) >= 11 is 0. The number of hydrogen-bond acceptors (Lipinski definition) is 7. The highest BCUT2D eigenvalue weighted by atomic mass is 16.5. The predicted molar refractivity (Wildman–Crippen MR) is 114 cm³/mol. The average molecular weight is 425 g/mol. The first-order valence-electron chi connectivity index (χ1n) is 9.84. The molecule has 0 spiro atoms. The summed E-state index contributed by atoms with van der Waals surface area (Å²) in [6.45, 7) is 2.23. The molecule has 31 heavy (non-hydrogen) atoms. The third kappa shape index (κ3) is 4.46. The summed E-state index contributed by atoms with van der Waals surface area (Å²) in [7, 11) is 3.03. The molecule has 3 aromatic rings. The van der Waals surface area contributed by atoms with Gasteiger partial charge >= 0.3 is 0 Å². The van der Waals surface area contributed by atoms with Gasteiger partial charge in [-0.25, -0.2) is 4.98 Å². The Morgan fingerprint density at radius 2 is 1.84 bits per heavy atom. The van der Waals surface area contributed by atoms with Gasteiger partial charge in [0.1, 0.15) is 28.5 Å². The van der Waals surface area contributed by atoms with Crippen molar-refractivity contribution in [1.82, 2.24) is 14.9 Å². The largest absolute Gasteiger partial charge is 0.497 e. The molecule has 0 aliphatic carbocycles. The van der Waals surface area contributed by atoms with E-state index >= 15 is 0 Å². The topological polar surface area (TPSA) is 103 Å². The first-order chi connectivity index (χ1) is 15.1. The minimum Gasteiger partial charge on any atom is -0.497 e. The van der Waals surface area contributed by atoms with Crippen LogP contribution in [0.1, 0.15) is 0 Å². The van der Waals surface area contributed by atoms with E-state index in [2.05, 4.69) is 9.97 Å². The van der Waals surface area contributed by atoms with Crippen LogP contribution in [0.25, 0.3) is 22.3 Å². The molecule has 1 aliphatic heterocycles. The van der Waals surface area contributed by atoms with Gasteiger partial charge in [0.2, 0.25) is 0 Å². The molecule has 2 heterocycles. The molecule has 0 atom stereocenters. The summed E-state index contributed by atoms with van der Waals surface area (Å²) in [6.07, 6.45) is 0. The molecule has 1 aliphatic rings. The zero-order valence-electron chi connectivity index (χ0n) is 17.3. The number of carbonyl (C=O) groups is 1. The summed E-state index contributed by atoms with van der Waals surface area (Å²) in [5.41, 5.74) is 0.856. The first kappa shape index (κ1) is 20.7. The Kier molecular flexibility index (Phi) is 6.03. The fraction of sp³-hybridized carbons (Fsp3) is 0.318. The molecule has 0 bridgehead atoms. The van der Waals surface area contributed by atoms with Gasteiger partial charge in [0.25, 0.3) is 11.5 Å². The molecule has 2 aromatic carbocycles. The van der Waals surface area contributed by atoms with E-state index in [1.54, 1.807) is 41.3 Å². The third-order valence-electron chi connectivity index (χ3n) is 5.06. The number of amides is 1. The maximum Gasteiger partial charge on any atom is 0.262 e. The molecule has 162 valence electrons. The lowest BCUT2D eigenvalue weighted by atomic mass is 10.1. The normalized spacial score (nSPS) is 13.8. The van der Waals surface area contributed by atoms with Crippen molar-refractivity contribution in [2.75, 3.05) is 47.1 Å². The predicted octanol–water partition coefficient (Wildman–Crippen LogP) is 1.84. The molecule has 0 radical (unpaired) electrons. The van der Waals surface area contributed by atoms with Crippen LogP contribution in [-0.4, -0.2) is 67.9 Å². The summed E-state index contributed by atoms with van der Waals surface area (Å²) in [5.74, 6) is 1.82. The summed E-state index contributed by atoms with van der Waals surface area (Å²) in [4.78, 5) is 33.9. The Hall–Kier alpha value is -3.59. The molecule has 9 heteroatoms. The number of fused-ring (bicyclic) bond motifs is 1. The van der Waals surface area contributed by atoms with Crippen LogP contribution >= 0.6 is 0 Å². The number of rotatable bonds is 6. The number of methoxy groups -OCH3 is 2. The highest BCUT2D eigenvalue weighted by Crippen LogP contribution is 2.29. The van der Waals surface area contributed by atoms with E-state index in [1.807, 2.05) is 0 Å². The van der Waals surface area contributed by atoms with Crippen LogP contribution in [0.4, 0.5) is 0 Å². The van der Waals surface area contributed by atoms with E-state index in [0.29, 0.717) is 65.8 Å². The van der Waals surface area contributed by atoms with Crippen LogP contribution < -0.4 is 19.8 Å². The molecule has 9 nitrogen and oxygen atoms in total. The van der Waals surface area contributed by atoms with Crippen molar-refractivity contribution >= 4 is 16.8 Å². The van der Waals surface area contributed by atoms with E-state index in [1.165, 1.54) is 14.2 Å². The molecular weight excluding hydrogens is 402 g/mol. The number of aromatic amines is 1. The van der Waals surface area contributed by atoms with Crippen LogP contribution in [0.5, 0.6) is 17.2 Å². The molecule has 1 fully saturated rings. The number of H-pyrrole nitrogens is 1. The van der Waals surface area contributed by atoms with E-state index < -0.39 is 0 Å². The number of aromatic nitrogens is 2. The third-order valence-corrected chi connectivity index (χ3v) is 5.06. The van der Waals surface area contributed by atoms with E-state index in [-0.39, 0.29) is 18.1 Å². The van der Waals surface area contributed by atoms with Gasteiger partial charge in [-0.15, -0.1) is 0 Å². The van der Waals surface area contributed by atoms with Gasteiger partial charge in [0, 0.05) is 30.8 Å². The highest BCUT2D eigenvalue weighted by molar-refractivity contribution is 5.87. The standard InChI is InChI=1S/C22H23N3O6/c1-28-16-11-17-20(18(12-16)29-2)22(27)24-21(23-17)14-3-5-15(6-4-14)31-13-19(26)25-7-9-30-10-8-25/h3-6,11-12H,7-10,13H2,1-2H3,(H,23,24,27). The second-order valence-electron chi connectivity index (χ2n) is 6.94. The zero-order chi connectivity index (χ0) is 21.8. The summed E-state index contributed by atoms with van der Waals surface area (Å²) < 4.78 is 21.4. The lowest BCUT2D eigenvalue weighted by Crippen LogP contribution is -2.42. The van der Waals surface area contributed by atoms with Crippen LogP contribution in [0, 0.1) is 0 Å². The number of morpholine rings is 1. The van der Waals surface area contributed by atoms with Crippen molar-refractivity contribution in [3.63, 3.8) is 0 Å². The molecule has 1 saturated heterocycles. The monoisotopic (exact) mass is 425 g/mol. The SMILES string of the molecule is COc1cc(OC)c2c(=O)[nH]c(-c3ccc(OCC(=O)N4CCOCC4)cc3)nc2c1. The van der Waals surface area contributed by atoms with Crippen LogP contribution in [0.15, 0.2) is 41.2 Å². The summed E-state index contributed by atoms with van der Waals surface area (Å²) in [6, 6.07) is 10.3. The van der Waals surface area contributed by atoms with Gasteiger partial charge in [0.05, 0.1) is 33.0 Å². The van der Waals surface area contributed by atoms with Gasteiger partial charge in [-0.1, -0.05) is 0 Å². The molecule has 1 amide bonds. The molecule has 0 saturated carbocycles. The first-order valence-corrected chi connectivity index (χ1v) is 9.84. The van der Waals surface area contributed by atoms with Crippen LogP contribution in [-0.2, 0) is 9.53 Å². The highest BCUT2D eigenvalue weighted by Gasteiger charge is 2.17. The molecular formula is C22H23N3O6. The van der Waals surface area contributed by atoms with Gasteiger partial charge in [-0.3, -0.25) is 9.59 Å². The smallest absolute Gasteiger partial charge is 0.262 e. The number of benzene rings is 2. The van der Waals surface area contributed by atoms with Gasteiger partial charge in [-0.05, 0) is 24.3 Å². The Bertz CT molecular complexity index is 1140. The quantitative estimate of drug-likeness (QED) is 0.643. The van der Waals surface area contributed by atoms with E-state index in [4.69, 9.17) is 18.9 Å². The van der Waals surface area contributed by atoms with Crippen molar-refractivity contribution in [1.29, 1.82) is 0 Å². The van der Waals surface area contributed by atoms with Gasteiger partial charge in [0.15, 0.2) is 6.61 Å². The minimum atomic E-state index is -0.309. The lowest BCUT2D eigenvalue weighted by Gasteiger charge is -2.26. The summed E-state index contributed by atoms with van der Waals surface area (Å²) in [5, 5.41) is 0.355. The van der Waals surface area contributed by atoms with Crippen molar-refractivity contribution < 1.29 is 23.7 Å². The fourth-order valence-corrected chi connectivity index (χ4v) is 3.38. The van der Waals surface area contributed by atoms with Crippen molar-refractivity contribution in [3.05, 3.63) is 46.8 Å². The van der Waals surface area contributed by atoms with Crippen molar-refractivity contribution in [3.8, 4) is 28.6 Å². The number of hydrogen-bond donors (Lipinski definition) is 1. The van der Waals surface area contributed by atoms with Crippen LogP contribution in [0.2, 0.25) is 0 Å². The Balaban J connectivity index is 1.53. The van der Waals surface area contributed by atoms with Crippen molar-refractivity contribution in [2.24, 2.45) is 0 Å². The van der Waals surface area contributed by atoms with Crippen molar-refractivity contribution in [2.45, 2.75) is 0 Å². The number of nitrogens with one attached hydrogen (secondary N) is 1. The fourth-order valence-electron chi connectivity index (χ4n) is 3.38. The second-order valence-corrected chi connectivity index (χ2v) is 6.94. The number of ether oxygens (including phenoxy) is 4. The van der Waals surface area contributed by atoms with Gasteiger partial charge in [-0.2, -0.15) is 0 Å². The molecule has 1 aromatic heterocycles. The Morgan fingerprint density at radius 3 is 2.52 bits per heavy atom. The average Bonchev–Trinajstić information content (AvgIpc) is 2.82. The molecule has 4 rings (SSSR count). The molecule has 0 unspecified atom stereocenters. The minimum absolute atomic E-state index is 0.0377. The number of carbonyl (C=O) groups excluding carboxylic acids is 1. The van der Waals surface area contributed by atoms with Crippen LogP contribution in [0.3, 0.4) is 0 Å². The van der Waals surface area contributed by atoms with E-state index in [0.717, 1.165) is 0 Å². The Morgan fingerprint density at radius 1 is 1.10 bits per heavy atom. The maximum atomic E-state index is 12.7. The van der Waals surface area contributed by atoms with Gasteiger partial charge < -0.3 is 28.8 Å². The molecule has 1 N–H and O–H groups in total. The van der Waals surface area contributed by atoms with E-state index in [9.17, 15) is 9.59 Å².